The fourth-order valence-electron chi connectivity index (χ4n) is 4.73. The molecule has 3 aromatic heterocycles. The standard InChI is InChI=1S/C30H28F3N7O2S2/c31-30(32,33)21-2-1-3-22(14-21)38-28(41)39-29-35-16-23(43-29)8-9-34-27-26-24(36-18-37-27)15-25(44-26)20-6-4-19(5-7-20)17-40-10-12-42-13-11-40/h1-7,14-16,18H,8-13,17H2,(H,34,36,37)(H2,35,38,39,41). The molecule has 0 radical (unpaired) electrons. The van der Waals surface area contributed by atoms with Gasteiger partial charge in [-0.3, -0.25) is 10.2 Å². The number of hydrogen-bond acceptors (Lipinski definition) is 9. The lowest BCUT2D eigenvalue weighted by atomic mass is 10.1. The molecule has 0 aliphatic carbocycles. The molecule has 3 N–H and O–H groups in total. The Kier molecular flexibility index (Phi) is 9.02. The van der Waals surface area contributed by atoms with Gasteiger partial charge in [-0.2, -0.15) is 13.2 Å². The van der Waals surface area contributed by atoms with Crippen molar-refractivity contribution in [2.24, 2.45) is 0 Å². The molecule has 14 heteroatoms. The van der Waals surface area contributed by atoms with E-state index in [1.165, 1.54) is 29.0 Å². The van der Waals surface area contributed by atoms with E-state index in [-0.39, 0.29) is 5.69 Å². The molecule has 6 rings (SSSR count). The third-order valence-corrected chi connectivity index (χ3v) is 9.10. The van der Waals surface area contributed by atoms with Crippen LogP contribution >= 0.6 is 22.7 Å². The number of ether oxygens (including phenoxy) is 1. The average molecular weight is 640 g/mol. The number of urea groups is 1. The second-order valence-electron chi connectivity index (χ2n) is 10.1. The fraction of sp³-hybridized carbons (Fsp3) is 0.267. The minimum atomic E-state index is -4.49. The molecule has 1 fully saturated rings. The van der Waals surface area contributed by atoms with Gasteiger partial charge in [0, 0.05) is 54.2 Å². The van der Waals surface area contributed by atoms with Gasteiger partial charge in [0.25, 0.3) is 0 Å². The molecule has 0 saturated carbocycles. The number of nitrogens with one attached hydrogen (secondary N) is 3. The van der Waals surface area contributed by atoms with Crippen LogP contribution in [0.4, 0.5) is 34.6 Å². The zero-order chi connectivity index (χ0) is 30.5. The van der Waals surface area contributed by atoms with Crippen molar-refractivity contribution < 1.29 is 22.7 Å². The van der Waals surface area contributed by atoms with Crippen molar-refractivity contribution in [2.45, 2.75) is 19.1 Å². The van der Waals surface area contributed by atoms with Crippen LogP contribution in [-0.4, -0.2) is 58.7 Å². The maximum absolute atomic E-state index is 12.9. The second-order valence-corrected chi connectivity index (χ2v) is 12.3. The van der Waals surface area contributed by atoms with Gasteiger partial charge in [0.05, 0.1) is 29.0 Å². The zero-order valence-corrected chi connectivity index (χ0v) is 25.0. The first kappa shape index (κ1) is 29.9. The molecule has 44 heavy (non-hydrogen) atoms. The monoisotopic (exact) mass is 639 g/mol. The summed E-state index contributed by atoms with van der Waals surface area (Å²) >= 11 is 2.93. The van der Waals surface area contributed by atoms with E-state index in [0.717, 1.165) is 76.3 Å². The topological polar surface area (TPSA) is 104 Å². The summed E-state index contributed by atoms with van der Waals surface area (Å²) in [5.74, 6) is 0.749. The van der Waals surface area contributed by atoms with Crippen LogP contribution in [0, 0.1) is 0 Å². The molecule has 2 aromatic carbocycles. The SMILES string of the molecule is O=C(Nc1cccc(C(F)(F)F)c1)Nc1ncc(CCNc2ncnc3cc(-c4ccc(CN5CCOCC5)cc4)sc23)s1. The van der Waals surface area contributed by atoms with E-state index in [1.54, 1.807) is 23.9 Å². The third kappa shape index (κ3) is 7.50. The lowest BCUT2D eigenvalue weighted by molar-refractivity contribution is -0.137. The average Bonchev–Trinajstić information content (AvgIpc) is 3.65. The summed E-state index contributed by atoms with van der Waals surface area (Å²) in [5, 5.41) is 8.71. The molecule has 2 amide bonds. The Morgan fingerprint density at radius 3 is 2.59 bits per heavy atom. The number of alkyl halides is 3. The van der Waals surface area contributed by atoms with Gasteiger partial charge in [-0.1, -0.05) is 30.3 Å². The van der Waals surface area contributed by atoms with Gasteiger partial charge in [0.2, 0.25) is 0 Å². The number of anilines is 3. The minimum Gasteiger partial charge on any atom is -0.379 e. The van der Waals surface area contributed by atoms with Crippen molar-refractivity contribution in [3.8, 4) is 10.4 Å². The molecule has 0 bridgehead atoms. The largest absolute Gasteiger partial charge is 0.416 e. The Balaban J connectivity index is 1.03. The van der Waals surface area contributed by atoms with Crippen LogP contribution < -0.4 is 16.0 Å². The summed E-state index contributed by atoms with van der Waals surface area (Å²) in [6.07, 6.45) is -0.660. The molecule has 0 unspecified atom stereocenters. The zero-order valence-electron chi connectivity index (χ0n) is 23.4. The first-order valence-electron chi connectivity index (χ1n) is 13.9. The molecule has 5 aromatic rings. The van der Waals surface area contributed by atoms with Crippen LogP contribution in [0.5, 0.6) is 0 Å². The summed E-state index contributed by atoms with van der Waals surface area (Å²) in [7, 11) is 0. The highest BCUT2D eigenvalue weighted by Gasteiger charge is 2.30. The van der Waals surface area contributed by atoms with Crippen LogP contribution in [0.2, 0.25) is 0 Å². The number of thiazole rings is 1. The minimum absolute atomic E-state index is 0.0343. The van der Waals surface area contributed by atoms with Crippen molar-refractivity contribution in [3.63, 3.8) is 0 Å². The normalized spacial score (nSPS) is 14.1. The number of aromatic nitrogens is 3. The number of carbonyl (C=O) groups is 1. The first-order valence-corrected chi connectivity index (χ1v) is 15.5. The van der Waals surface area contributed by atoms with Crippen molar-refractivity contribution in [1.29, 1.82) is 0 Å². The highest BCUT2D eigenvalue weighted by atomic mass is 32.1. The number of nitrogens with zero attached hydrogens (tertiary/aromatic N) is 4. The Morgan fingerprint density at radius 1 is 0.977 bits per heavy atom. The van der Waals surface area contributed by atoms with Crippen molar-refractivity contribution >= 4 is 55.6 Å². The molecule has 0 spiro atoms. The van der Waals surface area contributed by atoms with Gasteiger partial charge in [-0.15, -0.1) is 22.7 Å². The van der Waals surface area contributed by atoms with E-state index in [0.29, 0.717) is 18.1 Å². The maximum Gasteiger partial charge on any atom is 0.416 e. The van der Waals surface area contributed by atoms with Gasteiger partial charge >= 0.3 is 12.2 Å². The van der Waals surface area contributed by atoms with E-state index < -0.39 is 17.8 Å². The van der Waals surface area contributed by atoms with E-state index in [9.17, 15) is 18.0 Å². The fourth-order valence-corrected chi connectivity index (χ4v) is 6.62. The Hall–Kier alpha value is -4.11. The number of benzene rings is 2. The number of halogens is 3. The van der Waals surface area contributed by atoms with E-state index >= 15 is 0 Å². The molecular formula is C30H28F3N7O2S2. The van der Waals surface area contributed by atoms with Gasteiger partial charge in [0.15, 0.2) is 5.13 Å². The van der Waals surface area contributed by atoms with Crippen LogP contribution in [0.3, 0.4) is 0 Å². The third-order valence-electron chi connectivity index (χ3n) is 6.95. The van der Waals surface area contributed by atoms with Crippen molar-refractivity contribution in [3.05, 3.63) is 83.1 Å². The van der Waals surface area contributed by atoms with E-state index in [4.69, 9.17) is 4.74 Å². The number of rotatable bonds is 9. The first-order chi connectivity index (χ1) is 21.3. The summed E-state index contributed by atoms with van der Waals surface area (Å²) in [5.41, 5.74) is 2.47. The number of amides is 2. The Bertz CT molecular complexity index is 1730. The highest BCUT2D eigenvalue weighted by molar-refractivity contribution is 7.22. The Labute approximate surface area is 259 Å². The van der Waals surface area contributed by atoms with Crippen LogP contribution in [0.25, 0.3) is 20.7 Å². The second kappa shape index (κ2) is 13.3. The van der Waals surface area contributed by atoms with Crippen LogP contribution in [0.15, 0.2) is 67.1 Å². The maximum atomic E-state index is 12.9. The number of hydrogen-bond donors (Lipinski definition) is 3. The number of thiophene rings is 1. The number of carbonyl (C=O) groups excluding carboxylic acids is 1. The summed E-state index contributed by atoms with van der Waals surface area (Å²) in [4.78, 5) is 29.9. The summed E-state index contributed by atoms with van der Waals surface area (Å²) in [6.45, 7) is 4.98. The van der Waals surface area contributed by atoms with Gasteiger partial charge in [-0.05, 0) is 35.4 Å². The van der Waals surface area contributed by atoms with E-state index in [2.05, 4.69) is 66.1 Å². The van der Waals surface area contributed by atoms with Gasteiger partial charge in [-0.25, -0.2) is 19.7 Å². The molecule has 9 nitrogen and oxygen atoms in total. The molecule has 228 valence electrons. The smallest absolute Gasteiger partial charge is 0.379 e. The van der Waals surface area contributed by atoms with Crippen LogP contribution in [0.1, 0.15) is 16.0 Å². The summed E-state index contributed by atoms with van der Waals surface area (Å²) in [6, 6.07) is 14.5. The Morgan fingerprint density at radius 2 is 1.80 bits per heavy atom. The number of morpholine rings is 1. The van der Waals surface area contributed by atoms with E-state index in [1.807, 2.05) is 0 Å². The van der Waals surface area contributed by atoms with Crippen molar-refractivity contribution in [1.82, 2.24) is 19.9 Å². The van der Waals surface area contributed by atoms with Crippen molar-refractivity contribution in [2.75, 3.05) is 48.8 Å². The molecule has 4 heterocycles. The molecule has 0 atom stereocenters. The van der Waals surface area contributed by atoms with Crippen LogP contribution in [-0.2, 0) is 23.9 Å². The number of fused-ring (bicyclic) bond motifs is 1. The molecule has 1 aliphatic heterocycles. The predicted octanol–water partition coefficient (Wildman–Crippen LogP) is 6.96. The molecule has 1 aliphatic rings. The summed E-state index contributed by atoms with van der Waals surface area (Å²) < 4.78 is 45.2. The lowest BCUT2D eigenvalue weighted by Gasteiger charge is -2.26. The molecular weight excluding hydrogens is 612 g/mol. The van der Waals surface area contributed by atoms with Gasteiger partial charge in [0.1, 0.15) is 12.1 Å². The van der Waals surface area contributed by atoms with Gasteiger partial charge < -0.3 is 15.4 Å². The quantitative estimate of drug-likeness (QED) is 0.160. The highest BCUT2D eigenvalue weighted by Crippen LogP contribution is 2.36. The molecule has 1 saturated heterocycles. The lowest BCUT2D eigenvalue weighted by Crippen LogP contribution is -2.35. The predicted molar refractivity (Wildman–Crippen MR) is 167 cm³/mol.